The molecule has 0 aromatic carbocycles. The van der Waals surface area contributed by atoms with Crippen LogP contribution in [-0.4, -0.2) is 45.9 Å². The van der Waals surface area contributed by atoms with E-state index < -0.39 is 24.2 Å². The summed E-state index contributed by atoms with van der Waals surface area (Å²) < 4.78 is 0. The van der Waals surface area contributed by atoms with Gasteiger partial charge in [-0.15, -0.1) is 0 Å². The van der Waals surface area contributed by atoms with Gasteiger partial charge in [0.2, 0.25) is 0 Å². The third-order valence-electron chi connectivity index (χ3n) is 2.11. The first kappa shape index (κ1) is 14.7. The Kier molecular flexibility index (Phi) is 5.84. The fourth-order valence-corrected chi connectivity index (χ4v) is 1.24. The number of ketones is 2. The molecule has 1 unspecified atom stereocenters. The van der Waals surface area contributed by atoms with E-state index >= 15 is 0 Å². The highest BCUT2D eigenvalue weighted by molar-refractivity contribution is 5.88. The molecule has 3 atom stereocenters. The van der Waals surface area contributed by atoms with Gasteiger partial charge in [-0.3, -0.25) is 19.7 Å². The SMILES string of the molecule is CC(=O)CC(N[C@H](C(=O)O)[C@@H](C)O)C(C)=O. The van der Waals surface area contributed by atoms with Crippen LogP contribution in [0.2, 0.25) is 0 Å². The fraction of sp³-hybridized carbons (Fsp3) is 0.700. The Bertz CT molecular complexity index is 287. The van der Waals surface area contributed by atoms with E-state index in [9.17, 15) is 19.5 Å². The number of carbonyl (C=O) groups excluding carboxylic acids is 2. The van der Waals surface area contributed by atoms with Crippen molar-refractivity contribution < 1.29 is 24.6 Å². The zero-order chi connectivity index (χ0) is 12.9. The van der Waals surface area contributed by atoms with E-state index in [1.165, 1.54) is 20.8 Å². The van der Waals surface area contributed by atoms with Gasteiger partial charge in [0, 0.05) is 6.42 Å². The molecule has 6 heteroatoms. The van der Waals surface area contributed by atoms with E-state index in [-0.39, 0.29) is 18.0 Å². The van der Waals surface area contributed by atoms with Crippen LogP contribution in [0.5, 0.6) is 0 Å². The summed E-state index contributed by atoms with van der Waals surface area (Å²) in [4.78, 5) is 32.8. The molecule has 16 heavy (non-hydrogen) atoms. The number of aliphatic carboxylic acids is 1. The van der Waals surface area contributed by atoms with Crippen molar-refractivity contribution in [3.63, 3.8) is 0 Å². The van der Waals surface area contributed by atoms with Crippen molar-refractivity contribution in [1.29, 1.82) is 0 Å². The second-order valence-electron chi connectivity index (χ2n) is 3.79. The quantitative estimate of drug-likeness (QED) is 0.537. The highest BCUT2D eigenvalue weighted by Crippen LogP contribution is 2.01. The van der Waals surface area contributed by atoms with Crippen LogP contribution in [0, 0.1) is 0 Å². The average Bonchev–Trinajstić information content (AvgIpc) is 2.09. The van der Waals surface area contributed by atoms with Crippen LogP contribution >= 0.6 is 0 Å². The van der Waals surface area contributed by atoms with Gasteiger partial charge < -0.3 is 10.2 Å². The molecule has 3 N–H and O–H groups in total. The average molecular weight is 231 g/mol. The molecule has 0 aromatic rings. The number of carbonyl (C=O) groups is 3. The van der Waals surface area contributed by atoms with Crippen molar-refractivity contribution in [3.8, 4) is 0 Å². The number of hydrogen-bond acceptors (Lipinski definition) is 5. The molecule has 0 aliphatic carbocycles. The van der Waals surface area contributed by atoms with Crippen LogP contribution in [0.4, 0.5) is 0 Å². The van der Waals surface area contributed by atoms with Crippen LogP contribution in [0.3, 0.4) is 0 Å². The van der Waals surface area contributed by atoms with E-state index in [1.807, 2.05) is 0 Å². The molecule has 0 aromatic heterocycles. The molecule has 0 bridgehead atoms. The molecule has 0 saturated heterocycles. The molecule has 0 amide bonds. The van der Waals surface area contributed by atoms with Crippen molar-refractivity contribution in [2.45, 2.75) is 45.4 Å². The summed E-state index contributed by atoms with van der Waals surface area (Å²) in [7, 11) is 0. The van der Waals surface area contributed by atoms with Crippen LogP contribution < -0.4 is 5.32 Å². The highest BCUT2D eigenvalue weighted by atomic mass is 16.4. The molecule has 0 saturated carbocycles. The number of Topliss-reactive ketones (excluding diaryl/α,β-unsaturated/α-hetero) is 2. The van der Waals surface area contributed by atoms with Gasteiger partial charge in [-0.1, -0.05) is 0 Å². The van der Waals surface area contributed by atoms with Crippen molar-refractivity contribution in [2.24, 2.45) is 0 Å². The molecule has 6 nitrogen and oxygen atoms in total. The maximum absolute atomic E-state index is 11.2. The summed E-state index contributed by atoms with van der Waals surface area (Å²) in [6.45, 7) is 3.88. The second kappa shape index (κ2) is 6.34. The zero-order valence-corrected chi connectivity index (χ0v) is 9.56. The summed E-state index contributed by atoms with van der Waals surface area (Å²) in [5.41, 5.74) is 0. The van der Waals surface area contributed by atoms with Crippen molar-refractivity contribution in [1.82, 2.24) is 5.32 Å². The number of hydrogen-bond donors (Lipinski definition) is 3. The van der Waals surface area contributed by atoms with Gasteiger partial charge in [-0.05, 0) is 20.8 Å². The molecule has 0 fully saturated rings. The van der Waals surface area contributed by atoms with Gasteiger partial charge in [-0.2, -0.15) is 0 Å². The minimum absolute atomic E-state index is 0.0775. The maximum atomic E-state index is 11.2. The van der Waals surface area contributed by atoms with E-state index in [2.05, 4.69) is 5.32 Å². The molecule has 0 aliphatic heterocycles. The molecule has 0 aliphatic rings. The Balaban J connectivity index is 4.64. The summed E-state index contributed by atoms with van der Waals surface area (Å²) in [6, 6.07) is -2.12. The van der Waals surface area contributed by atoms with Crippen molar-refractivity contribution in [3.05, 3.63) is 0 Å². The Morgan fingerprint density at radius 2 is 1.75 bits per heavy atom. The minimum atomic E-state index is -1.26. The third kappa shape index (κ3) is 4.99. The summed E-state index contributed by atoms with van der Waals surface area (Å²) in [5.74, 6) is -1.81. The summed E-state index contributed by atoms with van der Waals surface area (Å²) >= 11 is 0. The number of carboxylic acid groups (broad SMARTS) is 1. The first-order valence-electron chi connectivity index (χ1n) is 4.92. The number of rotatable bonds is 7. The lowest BCUT2D eigenvalue weighted by atomic mass is 10.0. The number of nitrogens with one attached hydrogen (secondary N) is 1. The predicted octanol–water partition coefficient (Wildman–Crippen LogP) is -0.653. The standard InChI is InChI=1S/C10H17NO5/c1-5(12)4-8(6(2)13)11-9(7(3)14)10(15)16/h7-9,11,14H,4H2,1-3H3,(H,15,16)/t7-,8?,9+/m1/s1. The lowest BCUT2D eigenvalue weighted by Crippen LogP contribution is -2.52. The largest absolute Gasteiger partial charge is 0.480 e. The third-order valence-corrected chi connectivity index (χ3v) is 2.11. The Morgan fingerprint density at radius 1 is 1.25 bits per heavy atom. The van der Waals surface area contributed by atoms with E-state index in [4.69, 9.17) is 5.11 Å². The lowest BCUT2D eigenvalue weighted by Gasteiger charge is -2.22. The van der Waals surface area contributed by atoms with Crippen molar-refractivity contribution >= 4 is 17.5 Å². The fourth-order valence-electron chi connectivity index (χ4n) is 1.24. The number of aliphatic hydroxyl groups is 1. The monoisotopic (exact) mass is 231 g/mol. The number of carboxylic acids is 1. The topological polar surface area (TPSA) is 104 Å². The lowest BCUT2D eigenvalue weighted by molar-refractivity contribution is -0.143. The van der Waals surface area contributed by atoms with Crippen molar-refractivity contribution in [2.75, 3.05) is 0 Å². The molecular weight excluding hydrogens is 214 g/mol. The van der Waals surface area contributed by atoms with Gasteiger partial charge in [-0.25, -0.2) is 0 Å². The molecule has 92 valence electrons. The van der Waals surface area contributed by atoms with Gasteiger partial charge in [0.1, 0.15) is 17.6 Å². The van der Waals surface area contributed by atoms with Gasteiger partial charge in [0.15, 0.2) is 0 Å². The summed E-state index contributed by atoms with van der Waals surface area (Å²) in [6.07, 6.45) is -1.22. The minimum Gasteiger partial charge on any atom is -0.480 e. The first-order valence-corrected chi connectivity index (χ1v) is 4.92. The first-order chi connectivity index (χ1) is 7.25. The molecule has 0 rings (SSSR count). The Hall–Kier alpha value is -1.27. The smallest absolute Gasteiger partial charge is 0.323 e. The van der Waals surface area contributed by atoms with Gasteiger partial charge in [0.05, 0.1) is 12.1 Å². The van der Waals surface area contributed by atoms with Gasteiger partial charge in [0.25, 0.3) is 0 Å². The van der Waals surface area contributed by atoms with Gasteiger partial charge >= 0.3 is 5.97 Å². The summed E-state index contributed by atoms with van der Waals surface area (Å²) in [5, 5.41) is 20.5. The van der Waals surface area contributed by atoms with E-state index in [0.717, 1.165) is 0 Å². The molecule has 0 spiro atoms. The van der Waals surface area contributed by atoms with E-state index in [1.54, 1.807) is 0 Å². The van der Waals surface area contributed by atoms with E-state index in [0.29, 0.717) is 0 Å². The zero-order valence-electron chi connectivity index (χ0n) is 9.56. The van der Waals surface area contributed by atoms with Crippen LogP contribution in [-0.2, 0) is 14.4 Å². The normalized spacial score (nSPS) is 16.2. The number of aliphatic hydroxyl groups excluding tert-OH is 1. The Morgan fingerprint density at radius 3 is 2.00 bits per heavy atom. The van der Waals surface area contributed by atoms with Crippen LogP contribution in [0.1, 0.15) is 27.2 Å². The molecule has 0 heterocycles. The predicted molar refractivity (Wildman–Crippen MR) is 56.0 cm³/mol. The Labute approximate surface area is 93.6 Å². The molecule has 0 radical (unpaired) electrons. The maximum Gasteiger partial charge on any atom is 0.323 e. The highest BCUT2D eigenvalue weighted by Gasteiger charge is 2.28. The second-order valence-corrected chi connectivity index (χ2v) is 3.79. The van der Waals surface area contributed by atoms with Crippen LogP contribution in [0.15, 0.2) is 0 Å². The van der Waals surface area contributed by atoms with Crippen LogP contribution in [0.25, 0.3) is 0 Å². The molecular formula is C10H17NO5.